The van der Waals surface area contributed by atoms with Gasteiger partial charge in [-0.15, -0.1) is 0 Å². The van der Waals surface area contributed by atoms with Crippen molar-refractivity contribution >= 4 is 38.4 Å². The molecule has 1 aliphatic rings. The third-order valence-electron chi connectivity index (χ3n) is 5.27. The molecule has 0 aliphatic carbocycles. The highest BCUT2D eigenvalue weighted by atomic mass is 32.2. The monoisotopic (exact) mass is 452 g/mol. The van der Waals surface area contributed by atoms with Gasteiger partial charge in [-0.2, -0.15) is 0 Å². The molecule has 2 aromatic heterocycles. The second-order valence-corrected chi connectivity index (χ2v) is 9.04. The number of rotatable bonds is 5. The van der Waals surface area contributed by atoms with Crippen LogP contribution in [0.1, 0.15) is 0 Å². The number of nitrogens with zero attached hydrogens (tertiary/aromatic N) is 4. The third-order valence-corrected chi connectivity index (χ3v) is 6.65. The predicted octanol–water partition coefficient (Wildman–Crippen LogP) is 2.04. The largest absolute Gasteiger partial charge is 0.417 e. The van der Waals surface area contributed by atoms with Crippen molar-refractivity contribution in [2.24, 2.45) is 0 Å². The highest BCUT2D eigenvalue weighted by Gasteiger charge is 2.20. The van der Waals surface area contributed by atoms with E-state index in [0.717, 1.165) is 26.2 Å². The van der Waals surface area contributed by atoms with Crippen LogP contribution in [0.5, 0.6) is 0 Å². The lowest BCUT2D eigenvalue weighted by atomic mass is 10.2. The van der Waals surface area contributed by atoms with Crippen LogP contribution in [0.4, 0.5) is 17.3 Å². The molecular formula is C21H20N6O4S. The van der Waals surface area contributed by atoms with Gasteiger partial charge in [-0.3, -0.25) is 9.71 Å². The van der Waals surface area contributed by atoms with E-state index in [1.54, 1.807) is 0 Å². The summed E-state index contributed by atoms with van der Waals surface area (Å²) in [6.07, 6.45) is 2.89. The maximum absolute atomic E-state index is 12.7. The molecule has 0 bridgehead atoms. The quantitative estimate of drug-likeness (QED) is 0.471. The zero-order valence-corrected chi connectivity index (χ0v) is 17.7. The van der Waals surface area contributed by atoms with Crippen LogP contribution in [0.25, 0.3) is 11.1 Å². The Morgan fingerprint density at radius 2 is 1.62 bits per heavy atom. The Hall–Kier alpha value is -3.86. The summed E-state index contributed by atoms with van der Waals surface area (Å²) in [6.45, 7) is 3.23. The predicted molar refractivity (Wildman–Crippen MR) is 121 cm³/mol. The molecule has 1 fully saturated rings. The molecule has 0 radical (unpaired) electrons. The van der Waals surface area contributed by atoms with Gasteiger partial charge in [0.2, 0.25) is 5.95 Å². The first-order valence-corrected chi connectivity index (χ1v) is 11.5. The average molecular weight is 452 g/mol. The van der Waals surface area contributed by atoms with Crippen LogP contribution >= 0.6 is 0 Å². The summed E-state index contributed by atoms with van der Waals surface area (Å²) in [6, 6.07) is 14.4. The second-order valence-electron chi connectivity index (χ2n) is 7.36. The Morgan fingerprint density at radius 3 is 2.34 bits per heavy atom. The third kappa shape index (κ3) is 4.02. The number of aromatic amines is 1. The molecule has 5 rings (SSSR count). The van der Waals surface area contributed by atoms with E-state index in [2.05, 4.69) is 41.6 Å². The first-order valence-electron chi connectivity index (χ1n) is 10.0. The Labute approximate surface area is 183 Å². The number of fused-ring (bicyclic) bond motifs is 1. The van der Waals surface area contributed by atoms with E-state index in [1.165, 1.54) is 36.3 Å². The van der Waals surface area contributed by atoms with Gasteiger partial charge in [0.1, 0.15) is 0 Å². The molecule has 11 heteroatoms. The lowest BCUT2D eigenvalue weighted by molar-refractivity contribution is 0.555. The van der Waals surface area contributed by atoms with Crippen molar-refractivity contribution in [2.75, 3.05) is 40.7 Å². The van der Waals surface area contributed by atoms with E-state index < -0.39 is 15.8 Å². The van der Waals surface area contributed by atoms with E-state index >= 15 is 0 Å². The standard InChI is InChI=1S/C21H20N6O4S/c28-21-24-18-12-17(6-7-19(18)31-21)32(29,30)25-15-13-22-20(23-14-15)27-10-8-26(9-11-27)16-4-2-1-3-5-16/h1-7,12-14,25H,8-11H2,(H,24,28). The zero-order valence-electron chi connectivity index (χ0n) is 16.9. The number of para-hydroxylation sites is 1. The van der Waals surface area contributed by atoms with Gasteiger partial charge in [0.25, 0.3) is 10.0 Å². The molecule has 0 spiro atoms. The van der Waals surface area contributed by atoms with Crippen LogP contribution < -0.4 is 20.3 Å². The second kappa shape index (κ2) is 8.00. The molecule has 0 amide bonds. The van der Waals surface area contributed by atoms with E-state index in [9.17, 15) is 13.2 Å². The number of anilines is 3. The smallest absolute Gasteiger partial charge is 0.408 e. The molecule has 4 aromatic rings. The van der Waals surface area contributed by atoms with Crippen molar-refractivity contribution in [3.63, 3.8) is 0 Å². The molecule has 164 valence electrons. The summed E-state index contributed by atoms with van der Waals surface area (Å²) in [7, 11) is -3.89. The number of hydrogen-bond acceptors (Lipinski definition) is 8. The van der Waals surface area contributed by atoms with Crippen LogP contribution in [0.2, 0.25) is 0 Å². The van der Waals surface area contributed by atoms with E-state index in [4.69, 9.17) is 4.42 Å². The van der Waals surface area contributed by atoms with Gasteiger partial charge >= 0.3 is 5.76 Å². The van der Waals surface area contributed by atoms with Crippen molar-refractivity contribution < 1.29 is 12.8 Å². The molecule has 10 nitrogen and oxygen atoms in total. The summed E-state index contributed by atoms with van der Waals surface area (Å²) in [4.78, 5) is 26.8. The molecule has 32 heavy (non-hydrogen) atoms. The molecule has 0 atom stereocenters. The van der Waals surface area contributed by atoms with E-state index in [0.29, 0.717) is 11.5 Å². The Balaban J connectivity index is 1.26. The fourth-order valence-electron chi connectivity index (χ4n) is 3.65. The van der Waals surface area contributed by atoms with Crippen LogP contribution in [0, 0.1) is 0 Å². The Kier molecular flexibility index (Phi) is 5.02. The molecule has 2 N–H and O–H groups in total. The van der Waals surface area contributed by atoms with Crippen molar-refractivity contribution in [3.05, 3.63) is 71.5 Å². The lowest BCUT2D eigenvalue weighted by Crippen LogP contribution is -2.47. The molecular weight excluding hydrogens is 432 g/mol. The average Bonchev–Trinajstić information content (AvgIpc) is 3.19. The number of nitrogens with one attached hydrogen (secondary N) is 2. The number of H-pyrrole nitrogens is 1. The first kappa shape index (κ1) is 20.1. The van der Waals surface area contributed by atoms with Crippen molar-refractivity contribution in [1.29, 1.82) is 0 Å². The minimum atomic E-state index is -3.89. The molecule has 1 aliphatic heterocycles. The maximum Gasteiger partial charge on any atom is 0.417 e. The highest BCUT2D eigenvalue weighted by Crippen LogP contribution is 2.21. The normalized spacial score (nSPS) is 14.6. The van der Waals surface area contributed by atoms with Crippen LogP contribution in [-0.4, -0.2) is 49.5 Å². The van der Waals surface area contributed by atoms with Crippen LogP contribution in [0.3, 0.4) is 0 Å². The SMILES string of the molecule is O=c1[nH]c2cc(S(=O)(=O)Nc3cnc(N4CCN(c5ccccc5)CC4)nc3)ccc2o1. The lowest BCUT2D eigenvalue weighted by Gasteiger charge is -2.36. The topological polar surface area (TPSA) is 124 Å². The van der Waals surface area contributed by atoms with E-state index in [-0.39, 0.29) is 16.2 Å². The van der Waals surface area contributed by atoms with Crippen molar-refractivity contribution in [2.45, 2.75) is 4.90 Å². The fraction of sp³-hybridized carbons (Fsp3) is 0.190. The first-order chi connectivity index (χ1) is 15.5. The summed E-state index contributed by atoms with van der Waals surface area (Å²) in [5.74, 6) is -0.0888. The molecule has 0 unspecified atom stereocenters. The summed E-state index contributed by atoms with van der Waals surface area (Å²) in [5, 5.41) is 0. The van der Waals surface area contributed by atoms with Gasteiger partial charge in [-0.05, 0) is 30.3 Å². The minimum Gasteiger partial charge on any atom is -0.408 e. The summed E-state index contributed by atoms with van der Waals surface area (Å²) >= 11 is 0. The number of sulfonamides is 1. The van der Waals surface area contributed by atoms with Gasteiger partial charge in [-0.1, -0.05) is 18.2 Å². The number of benzene rings is 2. The molecule has 1 saturated heterocycles. The van der Waals surface area contributed by atoms with Crippen molar-refractivity contribution in [3.8, 4) is 0 Å². The summed E-state index contributed by atoms with van der Waals surface area (Å²) < 4.78 is 32.8. The zero-order chi connectivity index (χ0) is 22.1. The summed E-state index contributed by atoms with van der Waals surface area (Å²) in [5.41, 5.74) is 2.03. The molecule has 3 heterocycles. The van der Waals surface area contributed by atoms with Gasteiger partial charge < -0.3 is 14.2 Å². The minimum absolute atomic E-state index is 0.0110. The van der Waals surface area contributed by atoms with Gasteiger partial charge in [0.05, 0.1) is 28.5 Å². The fourth-order valence-corrected chi connectivity index (χ4v) is 4.71. The maximum atomic E-state index is 12.7. The number of aromatic nitrogens is 3. The molecule has 2 aromatic carbocycles. The van der Waals surface area contributed by atoms with E-state index in [1.807, 2.05) is 18.2 Å². The molecule has 0 saturated carbocycles. The Bertz CT molecular complexity index is 1390. The van der Waals surface area contributed by atoms with Gasteiger partial charge in [0, 0.05) is 31.9 Å². The van der Waals surface area contributed by atoms with Gasteiger partial charge in [-0.25, -0.2) is 23.2 Å². The highest BCUT2D eigenvalue weighted by molar-refractivity contribution is 7.92. The number of piperazine rings is 1. The number of oxazole rings is 1. The van der Waals surface area contributed by atoms with Crippen molar-refractivity contribution in [1.82, 2.24) is 15.0 Å². The Morgan fingerprint density at radius 1 is 0.938 bits per heavy atom. The number of hydrogen-bond donors (Lipinski definition) is 2. The van der Waals surface area contributed by atoms with Gasteiger partial charge in [0.15, 0.2) is 5.58 Å². The van der Waals surface area contributed by atoms with Crippen LogP contribution in [0.15, 0.2) is 75.0 Å². The van der Waals surface area contributed by atoms with Crippen LogP contribution in [-0.2, 0) is 10.0 Å².